The van der Waals surface area contributed by atoms with Crippen LogP contribution in [0, 0.1) is 0 Å². The number of amides is 1. The lowest BCUT2D eigenvalue weighted by Gasteiger charge is -2.32. The molecule has 7 heteroatoms. The van der Waals surface area contributed by atoms with Gasteiger partial charge in [0.2, 0.25) is 5.91 Å². The zero-order chi connectivity index (χ0) is 22.8. The van der Waals surface area contributed by atoms with Crippen LogP contribution in [0.25, 0.3) is 0 Å². The number of aliphatic hydroxyl groups excluding tert-OH is 1. The first-order valence-electron chi connectivity index (χ1n) is 12.2. The highest BCUT2D eigenvalue weighted by Gasteiger charge is 2.31. The number of carbonyl (C=O) groups is 1. The number of carbonyl (C=O) groups excluding carboxylic acids is 1. The van der Waals surface area contributed by atoms with Crippen LogP contribution in [0.15, 0.2) is 18.2 Å². The molecule has 0 saturated carbocycles. The van der Waals surface area contributed by atoms with E-state index >= 15 is 0 Å². The van der Waals surface area contributed by atoms with E-state index in [4.69, 9.17) is 14.2 Å². The van der Waals surface area contributed by atoms with Crippen molar-refractivity contribution in [2.24, 2.45) is 0 Å². The van der Waals surface area contributed by atoms with Gasteiger partial charge in [0.15, 0.2) is 11.5 Å². The van der Waals surface area contributed by atoms with Crippen LogP contribution in [-0.2, 0) is 9.53 Å². The number of rotatable bonds is 13. The molecular formula is C26H44N2O5. The van der Waals surface area contributed by atoms with E-state index in [1.54, 1.807) is 7.11 Å². The third-order valence-electron chi connectivity index (χ3n) is 6.43. The molecule has 3 rings (SSSR count). The number of methoxy groups -OCH3 is 1. The fraction of sp³-hybridized carbons (Fsp3) is 0.731. The van der Waals surface area contributed by atoms with Gasteiger partial charge in [0, 0.05) is 26.1 Å². The molecule has 188 valence electrons. The Balaban J connectivity index is 0.00000385. The maximum Gasteiger partial charge on any atom is 0.220 e. The fourth-order valence-corrected chi connectivity index (χ4v) is 4.64. The van der Waals surface area contributed by atoms with Crippen molar-refractivity contribution in [1.82, 2.24) is 10.2 Å². The maximum atomic E-state index is 12.7. The van der Waals surface area contributed by atoms with Crippen LogP contribution in [0.4, 0.5) is 0 Å². The number of ether oxygens (including phenoxy) is 3. The van der Waals surface area contributed by atoms with E-state index in [0.29, 0.717) is 50.3 Å². The molecule has 1 saturated heterocycles. The van der Waals surface area contributed by atoms with E-state index in [9.17, 15) is 9.90 Å². The molecule has 2 aliphatic heterocycles. The van der Waals surface area contributed by atoms with Crippen molar-refractivity contribution in [3.05, 3.63) is 23.8 Å². The molecule has 0 bridgehead atoms. The van der Waals surface area contributed by atoms with Gasteiger partial charge in [-0.05, 0) is 43.5 Å². The molecule has 2 heterocycles. The molecule has 1 aromatic rings. The third kappa shape index (κ3) is 8.16. The third-order valence-corrected chi connectivity index (χ3v) is 6.43. The number of fused-ring (bicyclic) bond motifs is 1. The molecule has 7 nitrogen and oxygen atoms in total. The average molecular weight is 465 g/mol. The molecule has 0 aromatic heterocycles. The summed E-state index contributed by atoms with van der Waals surface area (Å²) in [6.07, 6.45) is 7.36. The number of nitrogens with zero attached hydrogens (tertiary/aromatic N) is 1. The Morgan fingerprint density at radius 3 is 2.73 bits per heavy atom. The Morgan fingerprint density at radius 2 is 1.97 bits per heavy atom. The number of likely N-dealkylation sites (tertiary alicyclic amines) is 1. The topological polar surface area (TPSA) is 80.3 Å². The van der Waals surface area contributed by atoms with Gasteiger partial charge in [0.25, 0.3) is 0 Å². The first-order chi connectivity index (χ1) is 15.6. The molecule has 0 spiro atoms. The van der Waals surface area contributed by atoms with E-state index in [2.05, 4.69) is 17.1 Å². The van der Waals surface area contributed by atoms with E-state index in [-0.39, 0.29) is 13.3 Å². The molecule has 2 N–H and O–H groups in total. The highest BCUT2D eigenvalue weighted by Crippen LogP contribution is 2.34. The van der Waals surface area contributed by atoms with Gasteiger partial charge in [0.1, 0.15) is 19.3 Å². The Bertz CT molecular complexity index is 714. The first kappa shape index (κ1) is 27.4. The molecule has 1 aromatic carbocycles. The SMILES string of the molecule is C.CCCCCCCC(=O)N[C@H](CN1CCC[C@@H]1COC)[C@H](O)c1ccc2c(c1)OCCO2. The Morgan fingerprint density at radius 1 is 1.21 bits per heavy atom. The summed E-state index contributed by atoms with van der Waals surface area (Å²) in [7, 11) is 1.72. The molecule has 2 aliphatic rings. The van der Waals surface area contributed by atoms with E-state index in [1.807, 2.05) is 18.2 Å². The van der Waals surface area contributed by atoms with Gasteiger partial charge in [-0.15, -0.1) is 0 Å². The molecule has 3 atom stereocenters. The van der Waals surface area contributed by atoms with Gasteiger partial charge in [-0.3, -0.25) is 9.69 Å². The summed E-state index contributed by atoms with van der Waals surface area (Å²) in [6.45, 7) is 5.42. The van der Waals surface area contributed by atoms with Gasteiger partial charge in [-0.2, -0.15) is 0 Å². The number of nitrogens with one attached hydrogen (secondary N) is 1. The smallest absolute Gasteiger partial charge is 0.220 e. The molecule has 1 amide bonds. The lowest BCUT2D eigenvalue weighted by molar-refractivity contribution is -0.123. The summed E-state index contributed by atoms with van der Waals surface area (Å²) >= 11 is 0. The minimum absolute atomic E-state index is 0. The Kier molecular flexibility index (Phi) is 12.0. The second-order valence-corrected chi connectivity index (χ2v) is 8.93. The second-order valence-electron chi connectivity index (χ2n) is 8.93. The second kappa shape index (κ2) is 14.4. The lowest BCUT2D eigenvalue weighted by atomic mass is 10.00. The Hall–Kier alpha value is -1.83. The maximum absolute atomic E-state index is 12.7. The van der Waals surface area contributed by atoms with Gasteiger partial charge in [0.05, 0.1) is 12.6 Å². The van der Waals surface area contributed by atoms with E-state index < -0.39 is 12.1 Å². The van der Waals surface area contributed by atoms with Crippen molar-refractivity contribution in [2.45, 2.75) is 83.9 Å². The number of unbranched alkanes of at least 4 members (excludes halogenated alkanes) is 4. The predicted octanol–water partition coefficient (Wildman–Crippen LogP) is 4.08. The van der Waals surface area contributed by atoms with Crippen molar-refractivity contribution < 1.29 is 24.1 Å². The molecular weight excluding hydrogens is 420 g/mol. The fourth-order valence-electron chi connectivity index (χ4n) is 4.64. The van der Waals surface area contributed by atoms with Gasteiger partial charge < -0.3 is 24.6 Å². The normalized spacial score (nSPS) is 19.5. The van der Waals surface area contributed by atoms with Crippen LogP contribution in [0.2, 0.25) is 0 Å². The minimum atomic E-state index is -0.835. The summed E-state index contributed by atoms with van der Waals surface area (Å²) in [6, 6.07) is 5.45. The van der Waals surface area contributed by atoms with Gasteiger partial charge in [-0.25, -0.2) is 0 Å². The molecule has 0 unspecified atom stereocenters. The van der Waals surface area contributed by atoms with Crippen molar-refractivity contribution in [3.8, 4) is 11.5 Å². The number of benzene rings is 1. The van der Waals surface area contributed by atoms with Crippen molar-refractivity contribution >= 4 is 5.91 Å². The van der Waals surface area contributed by atoms with Crippen LogP contribution in [-0.4, -0.2) is 68.0 Å². The van der Waals surface area contributed by atoms with E-state index in [0.717, 1.165) is 37.8 Å². The highest BCUT2D eigenvalue weighted by atomic mass is 16.6. The zero-order valence-corrected chi connectivity index (χ0v) is 19.7. The Labute approximate surface area is 199 Å². The number of hydrogen-bond acceptors (Lipinski definition) is 6. The van der Waals surface area contributed by atoms with Crippen LogP contribution >= 0.6 is 0 Å². The van der Waals surface area contributed by atoms with Gasteiger partial charge >= 0.3 is 0 Å². The average Bonchev–Trinajstić information content (AvgIpc) is 3.24. The quantitative estimate of drug-likeness (QED) is 0.428. The summed E-state index contributed by atoms with van der Waals surface area (Å²) in [4.78, 5) is 15.1. The largest absolute Gasteiger partial charge is 0.486 e. The zero-order valence-electron chi connectivity index (χ0n) is 19.7. The van der Waals surface area contributed by atoms with Gasteiger partial charge in [-0.1, -0.05) is 46.1 Å². The molecule has 33 heavy (non-hydrogen) atoms. The molecule has 1 fully saturated rings. The summed E-state index contributed by atoms with van der Waals surface area (Å²) in [5.41, 5.74) is 0.727. The van der Waals surface area contributed by atoms with Crippen molar-refractivity contribution in [2.75, 3.05) is 40.0 Å². The molecule has 0 radical (unpaired) electrons. The minimum Gasteiger partial charge on any atom is -0.486 e. The summed E-state index contributed by atoms with van der Waals surface area (Å²) < 4.78 is 16.7. The highest BCUT2D eigenvalue weighted by molar-refractivity contribution is 5.76. The van der Waals surface area contributed by atoms with Crippen LogP contribution in [0.3, 0.4) is 0 Å². The molecule has 0 aliphatic carbocycles. The van der Waals surface area contributed by atoms with Crippen LogP contribution < -0.4 is 14.8 Å². The number of aliphatic hydroxyl groups is 1. The summed E-state index contributed by atoms with van der Waals surface area (Å²) in [5.74, 6) is 1.34. The first-order valence-corrected chi connectivity index (χ1v) is 12.2. The van der Waals surface area contributed by atoms with Crippen molar-refractivity contribution in [1.29, 1.82) is 0 Å². The van der Waals surface area contributed by atoms with Crippen molar-refractivity contribution in [3.63, 3.8) is 0 Å². The lowest BCUT2D eigenvalue weighted by Crippen LogP contribution is -2.49. The van der Waals surface area contributed by atoms with Crippen LogP contribution in [0.5, 0.6) is 11.5 Å². The predicted molar refractivity (Wildman–Crippen MR) is 131 cm³/mol. The van der Waals surface area contributed by atoms with Crippen LogP contribution in [0.1, 0.15) is 77.4 Å². The van der Waals surface area contributed by atoms with E-state index in [1.165, 1.54) is 19.3 Å². The standard InChI is InChI=1S/C25H40N2O5.CH4/c1-3-4-5-6-7-10-24(28)26-21(17-27-13-8-9-20(27)18-30-2)25(29)19-11-12-22-23(16-19)32-15-14-31-22;/h11-12,16,20-21,25,29H,3-10,13-15,17-18H2,1-2H3,(H,26,28);1H4/t20-,21-,25-;/m1./s1. The monoisotopic (exact) mass is 464 g/mol. The number of hydrogen-bond donors (Lipinski definition) is 2. The summed E-state index contributed by atoms with van der Waals surface area (Å²) in [5, 5.41) is 14.4.